The SMILES string of the molecule is CC(C)C(Cl)C(C#N)=NC(C)(C)C. The van der Waals surface area contributed by atoms with Crippen LogP contribution in [0.2, 0.25) is 0 Å². The first-order valence-electron chi connectivity index (χ1n) is 4.42. The van der Waals surface area contributed by atoms with Crippen LogP contribution < -0.4 is 0 Å². The lowest BCUT2D eigenvalue weighted by Crippen LogP contribution is -2.23. The maximum atomic E-state index is 8.84. The van der Waals surface area contributed by atoms with Gasteiger partial charge < -0.3 is 0 Å². The van der Waals surface area contributed by atoms with Gasteiger partial charge in [-0.25, -0.2) is 0 Å². The minimum atomic E-state index is -0.274. The number of nitrogens with zero attached hydrogens (tertiary/aromatic N) is 2. The van der Waals surface area contributed by atoms with E-state index in [4.69, 9.17) is 16.9 Å². The zero-order valence-electron chi connectivity index (χ0n) is 8.93. The van der Waals surface area contributed by atoms with Crippen molar-refractivity contribution in [3.8, 4) is 6.07 Å². The quantitative estimate of drug-likeness (QED) is 0.499. The summed E-state index contributed by atoms with van der Waals surface area (Å²) < 4.78 is 0. The Morgan fingerprint density at radius 1 is 1.38 bits per heavy atom. The van der Waals surface area contributed by atoms with Crippen molar-refractivity contribution < 1.29 is 0 Å². The van der Waals surface area contributed by atoms with Gasteiger partial charge in [-0.05, 0) is 26.7 Å². The summed E-state index contributed by atoms with van der Waals surface area (Å²) in [7, 11) is 0. The van der Waals surface area contributed by atoms with Crippen molar-refractivity contribution in [2.75, 3.05) is 0 Å². The summed E-state index contributed by atoms with van der Waals surface area (Å²) in [5.41, 5.74) is 0.205. The zero-order valence-corrected chi connectivity index (χ0v) is 9.68. The topological polar surface area (TPSA) is 36.1 Å². The van der Waals surface area contributed by atoms with Gasteiger partial charge in [-0.1, -0.05) is 13.8 Å². The van der Waals surface area contributed by atoms with Crippen molar-refractivity contribution in [2.24, 2.45) is 10.9 Å². The molecule has 0 N–H and O–H groups in total. The maximum Gasteiger partial charge on any atom is 0.130 e. The molecule has 0 saturated heterocycles. The first-order chi connectivity index (χ1) is 5.78. The molecule has 0 aliphatic heterocycles. The summed E-state index contributed by atoms with van der Waals surface area (Å²) in [5.74, 6) is 0.238. The average Bonchev–Trinajstić information content (AvgIpc) is 1.97. The fourth-order valence-corrected chi connectivity index (χ4v) is 0.923. The third-order valence-corrected chi connectivity index (χ3v) is 2.13. The lowest BCUT2D eigenvalue weighted by atomic mass is 10.0. The fourth-order valence-electron chi connectivity index (χ4n) is 0.825. The predicted octanol–water partition coefficient (Wildman–Crippen LogP) is 3.01. The molecule has 1 unspecified atom stereocenters. The van der Waals surface area contributed by atoms with Crippen LogP contribution in [0.25, 0.3) is 0 Å². The molecule has 0 spiro atoms. The Bertz CT molecular complexity index is 230. The molecule has 0 fully saturated rings. The van der Waals surface area contributed by atoms with Crippen LogP contribution in [0.5, 0.6) is 0 Å². The van der Waals surface area contributed by atoms with Crippen LogP contribution in [0.1, 0.15) is 34.6 Å². The molecule has 0 saturated carbocycles. The molecule has 0 bridgehead atoms. The summed E-state index contributed by atoms with van der Waals surface area (Å²) in [4.78, 5) is 4.27. The van der Waals surface area contributed by atoms with Crippen LogP contribution in [0, 0.1) is 17.2 Å². The number of halogens is 1. The van der Waals surface area contributed by atoms with Crippen LogP contribution in [0.15, 0.2) is 4.99 Å². The summed E-state index contributed by atoms with van der Waals surface area (Å²) in [6.45, 7) is 9.82. The second-order valence-corrected chi connectivity index (χ2v) is 4.90. The van der Waals surface area contributed by atoms with Gasteiger partial charge >= 0.3 is 0 Å². The number of alkyl halides is 1. The molecule has 0 aromatic rings. The highest BCUT2D eigenvalue weighted by molar-refractivity contribution is 6.35. The van der Waals surface area contributed by atoms with Gasteiger partial charge in [-0.15, -0.1) is 11.6 Å². The third-order valence-electron chi connectivity index (χ3n) is 1.42. The van der Waals surface area contributed by atoms with E-state index < -0.39 is 0 Å². The Kier molecular flexibility index (Phi) is 4.43. The van der Waals surface area contributed by atoms with Crippen molar-refractivity contribution in [2.45, 2.75) is 45.5 Å². The number of aliphatic imine (C=N–C) groups is 1. The highest BCUT2D eigenvalue weighted by Gasteiger charge is 2.19. The molecule has 0 aliphatic carbocycles. The Balaban J connectivity index is 4.73. The van der Waals surface area contributed by atoms with E-state index in [1.165, 1.54) is 0 Å². The van der Waals surface area contributed by atoms with Crippen molar-refractivity contribution in [1.82, 2.24) is 0 Å². The van der Waals surface area contributed by atoms with Crippen molar-refractivity contribution in [3.63, 3.8) is 0 Å². The molecule has 1 atom stereocenters. The number of hydrogen-bond donors (Lipinski definition) is 0. The zero-order chi connectivity index (χ0) is 10.6. The van der Waals surface area contributed by atoms with Gasteiger partial charge in [0, 0.05) is 0 Å². The predicted molar refractivity (Wildman–Crippen MR) is 57.3 cm³/mol. The van der Waals surface area contributed by atoms with E-state index in [0.29, 0.717) is 5.71 Å². The van der Waals surface area contributed by atoms with E-state index in [0.717, 1.165) is 0 Å². The highest BCUT2D eigenvalue weighted by atomic mass is 35.5. The normalized spacial score (nSPS) is 15.7. The van der Waals surface area contributed by atoms with E-state index in [9.17, 15) is 0 Å². The van der Waals surface area contributed by atoms with E-state index in [-0.39, 0.29) is 16.8 Å². The van der Waals surface area contributed by atoms with E-state index in [2.05, 4.69) is 11.1 Å². The third kappa shape index (κ3) is 4.90. The van der Waals surface area contributed by atoms with E-state index in [1.807, 2.05) is 34.6 Å². The Hall–Kier alpha value is -0.550. The van der Waals surface area contributed by atoms with Crippen LogP contribution in [-0.2, 0) is 0 Å². The van der Waals surface area contributed by atoms with Gasteiger partial charge in [0.15, 0.2) is 0 Å². The molecule has 0 aliphatic rings. The molecule has 3 heteroatoms. The molecule has 0 aromatic heterocycles. The standard InChI is InChI=1S/C10H17ClN2/c1-7(2)9(11)8(6-12)13-10(3,4)5/h7,9H,1-5H3. The minimum Gasteiger partial charge on any atom is -0.271 e. The Labute approximate surface area is 85.6 Å². The molecule has 0 rings (SSSR count). The molecule has 74 valence electrons. The molecule has 0 heterocycles. The van der Waals surface area contributed by atoms with Gasteiger partial charge in [0.05, 0.1) is 10.9 Å². The lowest BCUT2D eigenvalue weighted by Gasteiger charge is -2.17. The number of hydrogen-bond acceptors (Lipinski definition) is 2. The molecular weight excluding hydrogens is 184 g/mol. The Morgan fingerprint density at radius 2 is 1.85 bits per heavy atom. The maximum absolute atomic E-state index is 8.84. The average molecular weight is 201 g/mol. The van der Waals surface area contributed by atoms with Crippen LogP contribution in [0.3, 0.4) is 0 Å². The molecular formula is C10H17ClN2. The fraction of sp³-hybridized carbons (Fsp3) is 0.800. The molecule has 0 aromatic carbocycles. The minimum absolute atomic E-state index is 0.229. The van der Waals surface area contributed by atoms with E-state index >= 15 is 0 Å². The Morgan fingerprint density at radius 3 is 2.08 bits per heavy atom. The van der Waals surface area contributed by atoms with Gasteiger partial charge in [0.1, 0.15) is 11.8 Å². The molecule has 2 nitrogen and oxygen atoms in total. The first-order valence-corrected chi connectivity index (χ1v) is 4.85. The first kappa shape index (κ1) is 12.4. The molecule has 13 heavy (non-hydrogen) atoms. The number of rotatable bonds is 2. The van der Waals surface area contributed by atoms with Crippen molar-refractivity contribution in [1.29, 1.82) is 5.26 Å². The van der Waals surface area contributed by atoms with Crippen molar-refractivity contribution in [3.05, 3.63) is 0 Å². The highest BCUT2D eigenvalue weighted by Crippen LogP contribution is 2.15. The van der Waals surface area contributed by atoms with Gasteiger partial charge in [-0.3, -0.25) is 4.99 Å². The van der Waals surface area contributed by atoms with Crippen LogP contribution in [-0.4, -0.2) is 16.6 Å². The summed E-state index contributed by atoms with van der Waals surface area (Å²) >= 11 is 6.03. The van der Waals surface area contributed by atoms with Gasteiger partial charge in [0.25, 0.3) is 0 Å². The summed E-state index contributed by atoms with van der Waals surface area (Å²) in [5, 5.41) is 8.57. The van der Waals surface area contributed by atoms with E-state index in [1.54, 1.807) is 0 Å². The van der Waals surface area contributed by atoms with Crippen LogP contribution in [0.4, 0.5) is 0 Å². The number of nitriles is 1. The summed E-state index contributed by atoms with van der Waals surface area (Å²) in [6, 6.07) is 2.06. The van der Waals surface area contributed by atoms with Gasteiger partial charge in [-0.2, -0.15) is 5.26 Å². The smallest absolute Gasteiger partial charge is 0.130 e. The van der Waals surface area contributed by atoms with Crippen molar-refractivity contribution >= 4 is 17.3 Å². The lowest BCUT2D eigenvalue weighted by molar-refractivity contribution is 0.578. The monoisotopic (exact) mass is 200 g/mol. The summed E-state index contributed by atoms with van der Waals surface area (Å²) in [6.07, 6.45) is 0. The van der Waals surface area contributed by atoms with Gasteiger partial charge in [0.2, 0.25) is 0 Å². The molecule has 0 amide bonds. The second kappa shape index (κ2) is 4.62. The largest absolute Gasteiger partial charge is 0.271 e. The van der Waals surface area contributed by atoms with Crippen LogP contribution >= 0.6 is 11.6 Å². The second-order valence-electron chi connectivity index (χ2n) is 4.43. The molecule has 0 radical (unpaired) electrons.